The molecule has 0 fully saturated rings. The summed E-state index contributed by atoms with van der Waals surface area (Å²) in [5, 5.41) is 0. The molecule has 0 aromatic heterocycles. The van der Waals surface area contributed by atoms with E-state index in [1.807, 2.05) is 0 Å². The van der Waals surface area contributed by atoms with Crippen LogP contribution in [0.25, 0.3) is 0 Å². The summed E-state index contributed by atoms with van der Waals surface area (Å²) in [4.78, 5) is 0. The van der Waals surface area contributed by atoms with Gasteiger partial charge in [0.25, 0.3) is 0 Å². The van der Waals surface area contributed by atoms with E-state index in [0.717, 1.165) is 0 Å². The second-order valence-electron chi connectivity index (χ2n) is 4.58. The van der Waals surface area contributed by atoms with Crippen LogP contribution in [0.1, 0.15) is 78.1 Å². The summed E-state index contributed by atoms with van der Waals surface area (Å²) >= 11 is 0.101. The second kappa shape index (κ2) is 14.8. The minimum atomic E-state index is 0.101. The second-order valence-corrected chi connectivity index (χ2v) is 8.86. The van der Waals surface area contributed by atoms with Gasteiger partial charge in [0.15, 0.2) is 0 Å². The van der Waals surface area contributed by atoms with Gasteiger partial charge in [0.1, 0.15) is 0 Å². The first-order valence-electron chi connectivity index (χ1n) is 7.12. The van der Waals surface area contributed by atoms with Crippen LogP contribution in [0, 0.1) is 0 Å². The van der Waals surface area contributed by atoms with E-state index in [0.29, 0.717) is 0 Å². The van der Waals surface area contributed by atoms with Gasteiger partial charge in [0.2, 0.25) is 0 Å². The van der Waals surface area contributed by atoms with Crippen LogP contribution < -0.4 is 0 Å². The van der Waals surface area contributed by atoms with Gasteiger partial charge in [-0.15, -0.1) is 0 Å². The zero-order valence-corrected chi connectivity index (χ0v) is 13.8. The van der Waals surface area contributed by atoms with Gasteiger partial charge in [-0.2, -0.15) is 0 Å². The van der Waals surface area contributed by atoms with Gasteiger partial charge in [-0.25, -0.2) is 0 Å². The van der Waals surface area contributed by atoms with E-state index in [4.69, 9.17) is 0 Å². The van der Waals surface area contributed by atoms with E-state index in [9.17, 15) is 0 Å². The van der Waals surface area contributed by atoms with Crippen molar-refractivity contribution in [3.8, 4) is 0 Å². The van der Waals surface area contributed by atoms with Crippen molar-refractivity contribution in [3.05, 3.63) is 0 Å². The summed E-state index contributed by atoms with van der Waals surface area (Å²) in [5.41, 5.74) is 0. The molecule has 0 saturated carbocycles. The molecule has 90 valence electrons. The van der Waals surface area contributed by atoms with Gasteiger partial charge >= 0.3 is 108 Å². The van der Waals surface area contributed by atoms with E-state index in [-0.39, 0.29) is 21.1 Å². The molecule has 15 heavy (non-hydrogen) atoms. The van der Waals surface area contributed by atoms with Crippen molar-refractivity contribution < 1.29 is 0 Å². The fourth-order valence-corrected chi connectivity index (χ4v) is 5.67. The van der Waals surface area contributed by atoms with Crippen LogP contribution in [0.5, 0.6) is 0 Å². The molecular weight excluding hydrogens is 287 g/mol. The molecule has 0 nitrogen and oxygen atoms in total. The first-order chi connectivity index (χ1) is 7.41. The molecule has 0 rings (SSSR count). The summed E-state index contributed by atoms with van der Waals surface area (Å²) in [5.74, 6) is 0. The van der Waals surface area contributed by atoms with E-state index >= 15 is 0 Å². The summed E-state index contributed by atoms with van der Waals surface area (Å²) in [7, 11) is 0. The average Bonchev–Trinajstić information content (AvgIpc) is 2.26. The summed E-state index contributed by atoms with van der Waals surface area (Å²) in [6.07, 6.45) is 14.8. The molecule has 0 aliphatic heterocycles. The Morgan fingerprint density at radius 1 is 0.533 bits per heavy atom. The van der Waals surface area contributed by atoms with Gasteiger partial charge in [-0.3, -0.25) is 0 Å². The van der Waals surface area contributed by atoms with Crippen LogP contribution in [0.4, 0.5) is 0 Å². The molecule has 0 N–H and O–H groups in total. The van der Waals surface area contributed by atoms with E-state index in [1.165, 1.54) is 57.8 Å². The van der Waals surface area contributed by atoms with Crippen LogP contribution >= 0.6 is 0 Å². The normalized spacial score (nSPS) is 10.8. The fraction of sp³-hybridized carbons (Fsp3) is 1.00. The Bertz CT molecular complexity index is 89.5. The summed E-state index contributed by atoms with van der Waals surface area (Å²) < 4.78 is 3.29. The third kappa shape index (κ3) is 14.8. The molecule has 2 radical (unpaired) electrons. The molecule has 0 atom stereocenters. The maximum absolute atomic E-state index is 2.32. The van der Waals surface area contributed by atoms with E-state index < -0.39 is 0 Å². The molecule has 0 aliphatic rings. The quantitative estimate of drug-likeness (QED) is 0.331. The van der Waals surface area contributed by atoms with Gasteiger partial charge in [-0.05, 0) is 0 Å². The number of rotatable bonds is 12. The zero-order chi connectivity index (χ0) is 11.2. The molecule has 0 unspecified atom stereocenters. The third-order valence-corrected chi connectivity index (χ3v) is 6.95. The molecule has 0 heterocycles. The van der Waals surface area contributed by atoms with Crippen LogP contribution in [0.15, 0.2) is 0 Å². The predicted molar refractivity (Wildman–Crippen MR) is 72.9 cm³/mol. The SMILES string of the molecule is CCCCCCCCC[CH2][Sn][CH2]CCC. The Balaban J connectivity index is 2.81. The minimum absolute atomic E-state index is 0.101. The molecule has 0 aliphatic carbocycles. The van der Waals surface area contributed by atoms with Crippen molar-refractivity contribution in [2.45, 2.75) is 86.9 Å². The topological polar surface area (TPSA) is 0 Å². The Labute approximate surface area is 108 Å². The summed E-state index contributed by atoms with van der Waals surface area (Å²) in [6, 6.07) is 0. The van der Waals surface area contributed by atoms with Crippen LogP contribution in [0.2, 0.25) is 8.87 Å². The number of unbranched alkanes of at least 4 members (excludes halogenated alkanes) is 8. The molecule has 0 aromatic rings. The standard InChI is InChI=1S/C10H21.C4H9.Sn/c1-3-5-7-9-10-8-6-4-2;1-3-4-2;/h1,3-10H2,2H3;1,3-4H2,2H3;. The Hall–Kier alpha value is 0.799. The summed E-state index contributed by atoms with van der Waals surface area (Å²) in [6.45, 7) is 4.61. The molecule has 0 saturated heterocycles. The van der Waals surface area contributed by atoms with Crippen molar-refractivity contribution in [1.29, 1.82) is 0 Å². The van der Waals surface area contributed by atoms with Gasteiger partial charge in [-0.1, -0.05) is 0 Å². The van der Waals surface area contributed by atoms with Gasteiger partial charge < -0.3 is 0 Å². The van der Waals surface area contributed by atoms with Gasteiger partial charge in [0.05, 0.1) is 0 Å². The van der Waals surface area contributed by atoms with Crippen molar-refractivity contribution in [3.63, 3.8) is 0 Å². The molecule has 0 spiro atoms. The van der Waals surface area contributed by atoms with Crippen molar-refractivity contribution in [1.82, 2.24) is 0 Å². The molecule has 1 heteroatoms. The Morgan fingerprint density at radius 3 is 1.60 bits per heavy atom. The monoisotopic (exact) mass is 318 g/mol. The fourth-order valence-electron chi connectivity index (χ4n) is 1.81. The molecule has 0 bridgehead atoms. The van der Waals surface area contributed by atoms with Crippen LogP contribution in [-0.4, -0.2) is 21.1 Å². The Kier molecular flexibility index (Phi) is 15.6. The first-order valence-corrected chi connectivity index (χ1v) is 11.2. The van der Waals surface area contributed by atoms with Gasteiger partial charge in [0, 0.05) is 0 Å². The first kappa shape index (κ1) is 15.8. The van der Waals surface area contributed by atoms with Crippen LogP contribution in [-0.2, 0) is 0 Å². The van der Waals surface area contributed by atoms with Crippen molar-refractivity contribution in [2.75, 3.05) is 0 Å². The maximum atomic E-state index is 2.32. The Morgan fingerprint density at radius 2 is 1.00 bits per heavy atom. The van der Waals surface area contributed by atoms with Crippen molar-refractivity contribution >= 4 is 21.1 Å². The molecule has 0 aromatic carbocycles. The zero-order valence-electron chi connectivity index (χ0n) is 11.0. The number of hydrogen-bond acceptors (Lipinski definition) is 0. The predicted octanol–water partition coefficient (Wildman–Crippen LogP) is 5.47. The third-order valence-electron chi connectivity index (χ3n) is 2.91. The van der Waals surface area contributed by atoms with Crippen LogP contribution in [0.3, 0.4) is 0 Å². The number of hydrogen-bond donors (Lipinski definition) is 0. The van der Waals surface area contributed by atoms with Crippen molar-refractivity contribution in [2.24, 2.45) is 0 Å². The molecule has 0 amide bonds. The van der Waals surface area contributed by atoms with E-state index in [2.05, 4.69) is 13.8 Å². The van der Waals surface area contributed by atoms with E-state index in [1.54, 1.807) is 15.3 Å². The average molecular weight is 317 g/mol. The molecular formula is C14H30Sn.